The Morgan fingerprint density at radius 2 is 1.94 bits per heavy atom. The third kappa shape index (κ3) is 4.67. The molecular weight excluding hydrogens is 428 g/mol. The number of nitrogens with one attached hydrogen (secondary N) is 2. The summed E-state index contributed by atoms with van der Waals surface area (Å²) in [4.78, 5) is 53.1. The molecule has 1 aromatic heterocycles. The minimum Gasteiger partial charge on any atom is -0.338 e. The second kappa shape index (κ2) is 9.12. The molecule has 168 valence electrons. The lowest BCUT2D eigenvalue weighted by molar-refractivity contribution is -0.140. The zero-order valence-electron chi connectivity index (χ0n) is 17.9. The van der Waals surface area contributed by atoms with Crippen molar-refractivity contribution in [1.82, 2.24) is 20.7 Å². The summed E-state index contributed by atoms with van der Waals surface area (Å²) in [6.07, 6.45) is 1.78. The number of benzene rings is 1. The van der Waals surface area contributed by atoms with E-state index in [2.05, 4.69) is 10.7 Å². The van der Waals surface area contributed by atoms with Crippen LogP contribution in [0, 0.1) is 0 Å². The molecule has 32 heavy (non-hydrogen) atoms. The molecule has 0 spiro atoms. The first-order chi connectivity index (χ1) is 15.4. The molecule has 2 N–H and O–H groups in total. The summed E-state index contributed by atoms with van der Waals surface area (Å²) in [5, 5.41) is 5.44. The maximum atomic E-state index is 12.8. The third-order valence-electron chi connectivity index (χ3n) is 5.98. The fourth-order valence-electron chi connectivity index (χ4n) is 4.01. The predicted molar refractivity (Wildman–Crippen MR) is 119 cm³/mol. The number of urea groups is 1. The molecule has 2 aliphatic rings. The number of thiophene rings is 1. The second-order valence-electron chi connectivity index (χ2n) is 8.36. The van der Waals surface area contributed by atoms with Gasteiger partial charge in [-0.3, -0.25) is 19.8 Å². The molecule has 0 radical (unpaired) electrons. The van der Waals surface area contributed by atoms with E-state index in [1.165, 1.54) is 4.88 Å². The maximum absolute atomic E-state index is 12.8. The van der Waals surface area contributed by atoms with Crippen LogP contribution in [-0.2, 0) is 33.8 Å². The minimum absolute atomic E-state index is 0.0280. The van der Waals surface area contributed by atoms with Crippen molar-refractivity contribution >= 4 is 35.1 Å². The van der Waals surface area contributed by atoms with Gasteiger partial charge in [-0.2, -0.15) is 5.01 Å². The number of hydrogen-bond donors (Lipinski definition) is 2. The minimum atomic E-state index is -1.10. The van der Waals surface area contributed by atoms with Crippen LogP contribution in [0.1, 0.15) is 42.2 Å². The lowest BCUT2D eigenvalue weighted by Crippen LogP contribution is -2.49. The van der Waals surface area contributed by atoms with Gasteiger partial charge < -0.3 is 10.2 Å². The average Bonchev–Trinajstić information content (AvgIpc) is 3.35. The van der Waals surface area contributed by atoms with Crippen LogP contribution < -0.4 is 10.7 Å². The Bertz CT molecular complexity index is 1040. The van der Waals surface area contributed by atoms with Gasteiger partial charge in [0.05, 0.1) is 0 Å². The second-order valence-corrected chi connectivity index (χ2v) is 9.36. The molecule has 0 saturated carbocycles. The molecule has 1 atom stereocenters. The zero-order chi connectivity index (χ0) is 22.7. The quantitative estimate of drug-likeness (QED) is 0.628. The Hall–Kier alpha value is -3.20. The van der Waals surface area contributed by atoms with Crippen LogP contribution in [0.3, 0.4) is 0 Å². The van der Waals surface area contributed by atoms with Crippen molar-refractivity contribution in [3.05, 3.63) is 57.8 Å². The summed E-state index contributed by atoms with van der Waals surface area (Å²) in [6, 6.07) is 11.0. The van der Waals surface area contributed by atoms with Gasteiger partial charge in [-0.15, -0.1) is 11.3 Å². The van der Waals surface area contributed by atoms with Gasteiger partial charge in [0, 0.05) is 30.8 Å². The first-order valence-corrected chi connectivity index (χ1v) is 11.6. The van der Waals surface area contributed by atoms with Crippen LogP contribution in [0.4, 0.5) is 4.79 Å². The smallest absolute Gasteiger partial charge is 0.338 e. The lowest BCUT2D eigenvalue weighted by atomic mass is 9.93. The topological polar surface area (TPSA) is 98.8 Å². The molecule has 8 nitrogen and oxygen atoms in total. The van der Waals surface area contributed by atoms with Gasteiger partial charge in [0.25, 0.3) is 5.91 Å². The summed E-state index contributed by atoms with van der Waals surface area (Å²) in [7, 11) is 0. The third-order valence-corrected chi connectivity index (χ3v) is 7.00. The number of rotatable bonds is 7. The summed E-state index contributed by atoms with van der Waals surface area (Å²) in [5.74, 6) is -1.15. The summed E-state index contributed by atoms with van der Waals surface area (Å²) < 4.78 is 0. The van der Waals surface area contributed by atoms with Crippen molar-refractivity contribution in [3.8, 4) is 0 Å². The number of aryl methyl sites for hydroxylation is 1. The zero-order valence-corrected chi connectivity index (χ0v) is 18.7. The van der Waals surface area contributed by atoms with E-state index in [9.17, 15) is 19.2 Å². The molecular formula is C23H26N4O4S. The number of imide groups is 1. The highest BCUT2D eigenvalue weighted by Crippen LogP contribution is 2.25. The first-order valence-electron chi connectivity index (χ1n) is 10.7. The number of nitrogens with zero attached hydrogens (tertiary/aromatic N) is 2. The molecule has 2 aliphatic heterocycles. The number of fused-ring (bicyclic) bond motifs is 1. The molecule has 1 fully saturated rings. The molecule has 1 unspecified atom stereocenters. The molecule has 9 heteroatoms. The number of hydrogen-bond acceptors (Lipinski definition) is 5. The van der Waals surface area contributed by atoms with Gasteiger partial charge in [-0.05, 0) is 48.8 Å². The van der Waals surface area contributed by atoms with Crippen molar-refractivity contribution in [3.63, 3.8) is 0 Å². The molecule has 5 amide bonds. The Morgan fingerprint density at radius 3 is 2.72 bits per heavy atom. The lowest BCUT2D eigenvalue weighted by Gasteiger charge is -2.27. The number of hydrazine groups is 1. The molecule has 3 heterocycles. The Labute approximate surface area is 190 Å². The van der Waals surface area contributed by atoms with Crippen molar-refractivity contribution in [2.45, 2.75) is 51.1 Å². The van der Waals surface area contributed by atoms with Gasteiger partial charge >= 0.3 is 6.03 Å². The monoisotopic (exact) mass is 454 g/mol. The molecule has 0 bridgehead atoms. The van der Waals surface area contributed by atoms with E-state index in [4.69, 9.17) is 0 Å². The Morgan fingerprint density at radius 1 is 1.16 bits per heavy atom. The first kappa shape index (κ1) is 22.0. The van der Waals surface area contributed by atoms with E-state index >= 15 is 0 Å². The highest BCUT2D eigenvalue weighted by Gasteiger charge is 2.48. The van der Waals surface area contributed by atoms with Gasteiger partial charge in [0.1, 0.15) is 5.54 Å². The van der Waals surface area contributed by atoms with Crippen LogP contribution in [0.25, 0.3) is 0 Å². The SMILES string of the molecule is CC1(CCc2ccccc2)NC(=O)N(NC(=O)CCC(=O)N2CCc3sccc3C2)C1=O. The van der Waals surface area contributed by atoms with E-state index in [-0.39, 0.29) is 18.7 Å². The normalized spacial score (nSPS) is 20.2. The molecule has 2 aromatic rings. The molecule has 1 aromatic carbocycles. The summed E-state index contributed by atoms with van der Waals surface area (Å²) >= 11 is 1.70. The highest BCUT2D eigenvalue weighted by atomic mass is 32.1. The van der Waals surface area contributed by atoms with E-state index in [0.29, 0.717) is 25.9 Å². The van der Waals surface area contributed by atoms with E-state index in [0.717, 1.165) is 22.6 Å². The van der Waals surface area contributed by atoms with Crippen LogP contribution in [-0.4, -0.2) is 45.7 Å². The molecule has 4 rings (SSSR count). The Balaban J connectivity index is 1.27. The van der Waals surface area contributed by atoms with E-state index < -0.39 is 23.4 Å². The van der Waals surface area contributed by atoms with Gasteiger partial charge in [-0.25, -0.2) is 4.79 Å². The van der Waals surface area contributed by atoms with E-state index in [1.54, 1.807) is 23.2 Å². The fraction of sp³-hybridized carbons (Fsp3) is 0.391. The maximum Gasteiger partial charge on any atom is 0.344 e. The fourth-order valence-corrected chi connectivity index (χ4v) is 4.90. The van der Waals surface area contributed by atoms with Crippen LogP contribution in [0.2, 0.25) is 0 Å². The van der Waals surface area contributed by atoms with Gasteiger partial charge in [0.15, 0.2) is 0 Å². The largest absolute Gasteiger partial charge is 0.344 e. The van der Waals surface area contributed by atoms with Crippen LogP contribution in [0.15, 0.2) is 41.8 Å². The van der Waals surface area contributed by atoms with E-state index in [1.807, 2.05) is 41.8 Å². The predicted octanol–water partition coefficient (Wildman–Crippen LogP) is 2.39. The van der Waals surface area contributed by atoms with Gasteiger partial charge in [-0.1, -0.05) is 30.3 Å². The van der Waals surface area contributed by atoms with Crippen molar-refractivity contribution in [1.29, 1.82) is 0 Å². The van der Waals surface area contributed by atoms with Crippen LogP contribution in [0.5, 0.6) is 0 Å². The molecule has 0 aliphatic carbocycles. The average molecular weight is 455 g/mol. The van der Waals surface area contributed by atoms with Crippen LogP contribution >= 0.6 is 11.3 Å². The highest BCUT2D eigenvalue weighted by molar-refractivity contribution is 7.10. The summed E-state index contributed by atoms with van der Waals surface area (Å²) in [5.41, 5.74) is 3.49. The number of amides is 5. The standard InChI is InChI=1S/C23H26N4O4S/c1-23(12-9-16-5-3-2-4-6-16)21(30)27(22(31)24-23)25-19(28)7-8-20(29)26-13-10-18-17(15-26)11-14-32-18/h2-6,11,14H,7-10,12-13,15H2,1H3,(H,24,31)(H,25,28). The van der Waals surface area contributed by atoms with Crippen molar-refractivity contribution in [2.24, 2.45) is 0 Å². The van der Waals surface area contributed by atoms with Crippen molar-refractivity contribution in [2.75, 3.05) is 6.54 Å². The number of carbonyl (C=O) groups excluding carboxylic acids is 4. The number of carbonyl (C=O) groups is 4. The van der Waals surface area contributed by atoms with Crippen molar-refractivity contribution < 1.29 is 19.2 Å². The molecule has 1 saturated heterocycles. The summed E-state index contributed by atoms with van der Waals surface area (Å²) in [6.45, 7) is 2.85. The Kier molecular flexibility index (Phi) is 6.27. The van der Waals surface area contributed by atoms with Gasteiger partial charge in [0.2, 0.25) is 11.8 Å².